The standard InChI is InChI=1S/C10H15N5/c1-14-10(4-7-12-14)15-8-5-9(13-15)3-2-6-11/h4-5,7-8H,2-3,6,11H2,1H3. The highest BCUT2D eigenvalue weighted by Gasteiger charge is 2.03. The molecule has 0 amide bonds. The molecule has 0 fully saturated rings. The molecule has 2 aromatic rings. The molecule has 0 unspecified atom stereocenters. The maximum atomic E-state index is 5.45. The van der Waals surface area contributed by atoms with Crippen molar-refractivity contribution >= 4 is 0 Å². The molecular formula is C10H15N5. The van der Waals surface area contributed by atoms with Crippen molar-refractivity contribution in [1.82, 2.24) is 19.6 Å². The smallest absolute Gasteiger partial charge is 0.151 e. The van der Waals surface area contributed by atoms with E-state index in [4.69, 9.17) is 5.73 Å². The molecule has 0 aliphatic rings. The minimum absolute atomic E-state index is 0.707. The van der Waals surface area contributed by atoms with E-state index in [9.17, 15) is 0 Å². The number of hydrogen-bond acceptors (Lipinski definition) is 3. The number of nitrogens with zero attached hydrogens (tertiary/aromatic N) is 4. The van der Waals surface area contributed by atoms with Gasteiger partial charge in [-0.1, -0.05) is 0 Å². The third-order valence-electron chi connectivity index (χ3n) is 2.31. The predicted molar refractivity (Wildman–Crippen MR) is 57.7 cm³/mol. The van der Waals surface area contributed by atoms with Crippen molar-refractivity contribution < 1.29 is 0 Å². The van der Waals surface area contributed by atoms with Crippen LogP contribution >= 0.6 is 0 Å². The van der Waals surface area contributed by atoms with Gasteiger partial charge in [-0.05, 0) is 25.5 Å². The molecule has 5 heteroatoms. The SMILES string of the molecule is Cn1nccc1-n1ccc(CCCN)n1. The van der Waals surface area contributed by atoms with Crippen molar-refractivity contribution in [1.29, 1.82) is 0 Å². The molecule has 2 aromatic heterocycles. The van der Waals surface area contributed by atoms with Crippen molar-refractivity contribution in [2.24, 2.45) is 12.8 Å². The number of rotatable bonds is 4. The number of nitrogens with two attached hydrogens (primary N) is 1. The van der Waals surface area contributed by atoms with Gasteiger partial charge in [0.2, 0.25) is 0 Å². The third-order valence-corrected chi connectivity index (χ3v) is 2.31. The normalized spacial score (nSPS) is 10.8. The first kappa shape index (κ1) is 9.92. The van der Waals surface area contributed by atoms with E-state index < -0.39 is 0 Å². The topological polar surface area (TPSA) is 61.7 Å². The van der Waals surface area contributed by atoms with Crippen LogP contribution < -0.4 is 5.73 Å². The average molecular weight is 205 g/mol. The van der Waals surface area contributed by atoms with Gasteiger partial charge in [0.05, 0.1) is 11.9 Å². The lowest BCUT2D eigenvalue weighted by atomic mass is 10.2. The summed E-state index contributed by atoms with van der Waals surface area (Å²) in [6, 6.07) is 3.95. The Hall–Kier alpha value is -1.62. The van der Waals surface area contributed by atoms with Crippen LogP contribution in [0, 0.1) is 0 Å². The van der Waals surface area contributed by atoms with Gasteiger partial charge in [-0.2, -0.15) is 10.2 Å². The Morgan fingerprint density at radius 1 is 1.40 bits per heavy atom. The van der Waals surface area contributed by atoms with Crippen LogP contribution in [0.25, 0.3) is 5.82 Å². The van der Waals surface area contributed by atoms with Crippen LogP contribution in [0.5, 0.6) is 0 Å². The Morgan fingerprint density at radius 2 is 2.27 bits per heavy atom. The number of aryl methyl sites for hydroxylation is 2. The molecular weight excluding hydrogens is 190 g/mol. The molecule has 0 aliphatic carbocycles. The summed E-state index contributed by atoms with van der Waals surface area (Å²) in [6.45, 7) is 0.707. The molecule has 80 valence electrons. The molecule has 2 heterocycles. The van der Waals surface area contributed by atoms with E-state index in [0.717, 1.165) is 24.4 Å². The Kier molecular flexibility index (Phi) is 2.82. The van der Waals surface area contributed by atoms with E-state index in [1.807, 2.05) is 30.1 Å². The van der Waals surface area contributed by atoms with Crippen LogP contribution in [0.4, 0.5) is 0 Å². The first-order valence-corrected chi connectivity index (χ1v) is 5.04. The van der Waals surface area contributed by atoms with Gasteiger partial charge in [0.25, 0.3) is 0 Å². The highest BCUT2D eigenvalue weighted by atomic mass is 15.4. The largest absolute Gasteiger partial charge is 0.330 e. The van der Waals surface area contributed by atoms with Gasteiger partial charge in [0.1, 0.15) is 0 Å². The molecule has 0 saturated carbocycles. The second-order valence-corrected chi connectivity index (χ2v) is 3.46. The van der Waals surface area contributed by atoms with Gasteiger partial charge < -0.3 is 5.73 Å². The molecule has 0 saturated heterocycles. The van der Waals surface area contributed by atoms with E-state index in [2.05, 4.69) is 10.2 Å². The summed E-state index contributed by atoms with van der Waals surface area (Å²) in [5, 5.41) is 8.55. The summed E-state index contributed by atoms with van der Waals surface area (Å²) in [6.07, 6.45) is 5.61. The first-order valence-electron chi connectivity index (χ1n) is 5.04. The Morgan fingerprint density at radius 3 is 2.93 bits per heavy atom. The summed E-state index contributed by atoms with van der Waals surface area (Å²) < 4.78 is 3.62. The molecule has 2 N–H and O–H groups in total. The van der Waals surface area contributed by atoms with Crippen molar-refractivity contribution in [3.05, 3.63) is 30.2 Å². The fourth-order valence-electron chi connectivity index (χ4n) is 1.50. The van der Waals surface area contributed by atoms with Crippen LogP contribution in [0.2, 0.25) is 0 Å². The van der Waals surface area contributed by atoms with E-state index >= 15 is 0 Å². The molecule has 0 atom stereocenters. The van der Waals surface area contributed by atoms with Gasteiger partial charge in [-0.15, -0.1) is 0 Å². The lowest BCUT2D eigenvalue weighted by Gasteiger charge is -2.00. The van der Waals surface area contributed by atoms with Gasteiger partial charge in [0, 0.05) is 19.3 Å². The average Bonchev–Trinajstić information content (AvgIpc) is 2.83. The zero-order chi connectivity index (χ0) is 10.7. The Labute approximate surface area is 88.5 Å². The lowest BCUT2D eigenvalue weighted by Crippen LogP contribution is -2.04. The Bertz CT molecular complexity index is 428. The fraction of sp³-hybridized carbons (Fsp3) is 0.400. The zero-order valence-electron chi connectivity index (χ0n) is 8.80. The summed E-state index contributed by atoms with van der Waals surface area (Å²) in [5.41, 5.74) is 6.52. The third kappa shape index (κ3) is 2.07. The fourth-order valence-corrected chi connectivity index (χ4v) is 1.50. The molecule has 2 rings (SSSR count). The van der Waals surface area contributed by atoms with E-state index in [0.29, 0.717) is 6.54 Å². The molecule has 0 aliphatic heterocycles. The molecule has 0 spiro atoms. The van der Waals surface area contributed by atoms with Gasteiger partial charge >= 0.3 is 0 Å². The molecule has 15 heavy (non-hydrogen) atoms. The molecule has 0 aromatic carbocycles. The summed E-state index contributed by atoms with van der Waals surface area (Å²) >= 11 is 0. The summed E-state index contributed by atoms with van der Waals surface area (Å²) in [4.78, 5) is 0. The maximum absolute atomic E-state index is 5.45. The second kappa shape index (κ2) is 4.27. The van der Waals surface area contributed by atoms with Crippen molar-refractivity contribution in [3.63, 3.8) is 0 Å². The monoisotopic (exact) mass is 205 g/mol. The second-order valence-electron chi connectivity index (χ2n) is 3.46. The van der Waals surface area contributed by atoms with Gasteiger partial charge in [-0.25, -0.2) is 4.68 Å². The van der Waals surface area contributed by atoms with Gasteiger partial charge in [0.15, 0.2) is 5.82 Å². The molecule has 0 radical (unpaired) electrons. The van der Waals surface area contributed by atoms with Gasteiger partial charge in [-0.3, -0.25) is 4.68 Å². The van der Waals surface area contributed by atoms with Crippen LogP contribution in [0.1, 0.15) is 12.1 Å². The zero-order valence-corrected chi connectivity index (χ0v) is 8.80. The lowest BCUT2D eigenvalue weighted by molar-refractivity contribution is 0.687. The minimum Gasteiger partial charge on any atom is -0.330 e. The summed E-state index contributed by atoms with van der Waals surface area (Å²) in [7, 11) is 1.90. The van der Waals surface area contributed by atoms with Crippen LogP contribution in [-0.2, 0) is 13.5 Å². The van der Waals surface area contributed by atoms with Crippen LogP contribution in [0.3, 0.4) is 0 Å². The molecule has 0 bridgehead atoms. The van der Waals surface area contributed by atoms with Crippen LogP contribution in [0.15, 0.2) is 24.5 Å². The summed E-state index contributed by atoms with van der Waals surface area (Å²) in [5.74, 6) is 0.967. The highest BCUT2D eigenvalue weighted by Crippen LogP contribution is 2.06. The van der Waals surface area contributed by atoms with Crippen molar-refractivity contribution in [3.8, 4) is 5.82 Å². The van der Waals surface area contributed by atoms with Crippen LogP contribution in [-0.4, -0.2) is 26.1 Å². The highest BCUT2D eigenvalue weighted by molar-refractivity contribution is 5.20. The minimum atomic E-state index is 0.707. The number of hydrogen-bond donors (Lipinski definition) is 1. The van der Waals surface area contributed by atoms with E-state index in [-0.39, 0.29) is 0 Å². The predicted octanol–water partition coefficient (Wildman–Crippen LogP) is 0.497. The van der Waals surface area contributed by atoms with Crippen molar-refractivity contribution in [2.75, 3.05) is 6.54 Å². The quantitative estimate of drug-likeness (QED) is 0.790. The molecule has 5 nitrogen and oxygen atoms in total. The van der Waals surface area contributed by atoms with Crippen molar-refractivity contribution in [2.45, 2.75) is 12.8 Å². The maximum Gasteiger partial charge on any atom is 0.151 e. The Balaban J connectivity index is 2.17. The first-order chi connectivity index (χ1) is 7.31. The number of aromatic nitrogens is 4. The van der Waals surface area contributed by atoms with E-state index in [1.165, 1.54) is 0 Å². The van der Waals surface area contributed by atoms with E-state index in [1.54, 1.807) is 10.9 Å².